The number of morpholine rings is 1. The lowest BCUT2D eigenvalue weighted by atomic mass is 10.2. The highest BCUT2D eigenvalue weighted by molar-refractivity contribution is 6.03. The van der Waals surface area contributed by atoms with Gasteiger partial charge in [0.2, 0.25) is 0 Å². The number of amides is 2. The third-order valence-electron chi connectivity index (χ3n) is 4.20. The molecule has 0 aliphatic carbocycles. The first-order chi connectivity index (χ1) is 13.5. The molecule has 2 N–H and O–H groups in total. The van der Waals surface area contributed by atoms with Crippen molar-refractivity contribution in [3.63, 3.8) is 0 Å². The number of ether oxygens (including phenoxy) is 1. The molecular formula is C18H20N4O6. The van der Waals surface area contributed by atoms with Gasteiger partial charge in [0.1, 0.15) is 4.92 Å². The van der Waals surface area contributed by atoms with Gasteiger partial charge in [-0.05, 0) is 24.3 Å². The Hall–Kier alpha value is -3.24. The van der Waals surface area contributed by atoms with E-state index in [0.717, 1.165) is 25.7 Å². The number of nitro groups is 1. The smallest absolute Gasteiger partial charge is 0.395 e. The Kier molecular flexibility index (Phi) is 6.35. The lowest BCUT2D eigenvalue weighted by molar-refractivity contribution is -0.402. The number of rotatable bonds is 7. The highest BCUT2D eigenvalue weighted by Crippen LogP contribution is 2.18. The summed E-state index contributed by atoms with van der Waals surface area (Å²) in [4.78, 5) is 36.6. The molecule has 0 spiro atoms. The molecule has 10 heteroatoms. The molecule has 0 unspecified atom stereocenters. The number of hydrogen-bond donors (Lipinski definition) is 2. The molecule has 0 bridgehead atoms. The number of furan rings is 1. The Morgan fingerprint density at radius 2 is 1.93 bits per heavy atom. The molecule has 1 aromatic carbocycles. The average molecular weight is 388 g/mol. The van der Waals surface area contributed by atoms with Crippen LogP contribution in [-0.2, 0) is 4.74 Å². The van der Waals surface area contributed by atoms with Gasteiger partial charge in [-0.2, -0.15) is 0 Å². The van der Waals surface area contributed by atoms with Crippen LogP contribution in [0.4, 0.5) is 11.6 Å². The molecule has 10 nitrogen and oxygen atoms in total. The third-order valence-corrected chi connectivity index (χ3v) is 4.20. The van der Waals surface area contributed by atoms with Crippen LogP contribution >= 0.6 is 0 Å². The van der Waals surface area contributed by atoms with E-state index in [-0.39, 0.29) is 11.7 Å². The summed E-state index contributed by atoms with van der Waals surface area (Å²) in [7, 11) is 0. The molecule has 1 aliphatic heterocycles. The maximum atomic E-state index is 12.3. The molecule has 2 heterocycles. The molecular weight excluding hydrogens is 368 g/mol. The van der Waals surface area contributed by atoms with Gasteiger partial charge in [0.25, 0.3) is 11.8 Å². The first kappa shape index (κ1) is 19.5. The summed E-state index contributed by atoms with van der Waals surface area (Å²) in [6.45, 7) is 4.35. The summed E-state index contributed by atoms with van der Waals surface area (Å²) in [5.74, 6) is -1.60. The van der Waals surface area contributed by atoms with E-state index in [1.165, 1.54) is 12.1 Å². The van der Waals surface area contributed by atoms with Crippen molar-refractivity contribution in [2.24, 2.45) is 0 Å². The van der Waals surface area contributed by atoms with E-state index in [1.54, 1.807) is 18.2 Å². The van der Waals surface area contributed by atoms with Crippen LogP contribution in [0, 0.1) is 10.1 Å². The van der Waals surface area contributed by atoms with Crippen molar-refractivity contribution in [3.05, 3.63) is 57.8 Å². The molecule has 0 saturated carbocycles. The van der Waals surface area contributed by atoms with Gasteiger partial charge in [0.05, 0.1) is 19.3 Å². The minimum atomic E-state index is -0.724. The van der Waals surface area contributed by atoms with Gasteiger partial charge in [-0.25, -0.2) is 0 Å². The summed E-state index contributed by atoms with van der Waals surface area (Å²) >= 11 is 0. The number of hydrogen-bond acceptors (Lipinski definition) is 7. The van der Waals surface area contributed by atoms with Crippen molar-refractivity contribution < 1.29 is 23.7 Å². The lowest BCUT2D eigenvalue weighted by Gasteiger charge is -2.26. The van der Waals surface area contributed by atoms with E-state index < -0.39 is 16.7 Å². The standard InChI is InChI=1S/C18H20N4O6/c23-17(19-6-7-21-8-10-27-11-9-21)13-2-1-3-14(12-13)20-18(24)15-4-5-16(28-15)22(25)26/h1-5,12H,6-11H2,(H,19,23)(H,20,24). The predicted molar refractivity (Wildman–Crippen MR) is 99.3 cm³/mol. The zero-order valence-corrected chi connectivity index (χ0v) is 15.1. The Morgan fingerprint density at radius 1 is 1.14 bits per heavy atom. The fourth-order valence-electron chi connectivity index (χ4n) is 2.73. The van der Waals surface area contributed by atoms with Crippen LogP contribution in [0.5, 0.6) is 0 Å². The number of carbonyl (C=O) groups excluding carboxylic acids is 2. The maximum Gasteiger partial charge on any atom is 0.433 e. The quantitative estimate of drug-likeness (QED) is 0.543. The second kappa shape index (κ2) is 9.11. The van der Waals surface area contributed by atoms with Gasteiger partial charge in [0.15, 0.2) is 5.76 Å². The van der Waals surface area contributed by atoms with Gasteiger partial charge < -0.3 is 19.8 Å². The highest BCUT2D eigenvalue weighted by atomic mass is 16.6. The molecule has 1 aromatic heterocycles. The van der Waals surface area contributed by atoms with E-state index in [1.807, 2.05) is 0 Å². The van der Waals surface area contributed by atoms with Gasteiger partial charge in [-0.3, -0.25) is 24.6 Å². The largest absolute Gasteiger partial charge is 0.433 e. The molecule has 1 fully saturated rings. The first-order valence-corrected chi connectivity index (χ1v) is 8.77. The first-order valence-electron chi connectivity index (χ1n) is 8.77. The fourth-order valence-corrected chi connectivity index (χ4v) is 2.73. The zero-order chi connectivity index (χ0) is 19.9. The summed E-state index contributed by atoms with van der Waals surface area (Å²) < 4.78 is 10.1. The second-order valence-corrected chi connectivity index (χ2v) is 6.14. The van der Waals surface area contributed by atoms with Crippen molar-refractivity contribution in [3.8, 4) is 0 Å². The molecule has 1 saturated heterocycles. The Bertz CT molecular complexity index is 859. The third kappa shape index (κ3) is 5.15. The van der Waals surface area contributed by atoms with Crippen LogP contribution in [0.25, 0.3) is 0 Å². The number of benzene rings is 1. The van der Waals surface area contributed by atoms with Crippen LogP contribution < -0.4 is 10.6 Å². The molecule has 2 amide bonds. The van der Waals surface area contributed by atoms with E-state index in [2.05, 4.69) is 15.5 Å². The lowest BCUT2D eigenvalue weighted by Crippen LogP contribution is -2.41. The van der Waals surface area contributed by atoms with Crippen molar-refractivity contribution in [2.75, 3.05) is 44.7 Å². The van der Waals surface area contributed by atoms with Gasteiger partial charge in [-0.1, -0.05) is 6.07 Å². The minimum Gasteiger partial charge on any atom is -0.395 e. The van der Waals surface area contributed by atoms with Crippen LogP contribution in [0.1, 0.15) is 20.9 Å². The summed E-state index contributed by atoms with van der Waals surface area (Å²) in [6.07, 6.45) is 0. The van der Waals surface area contributed by atoms with Crippen LogP contribution in [0.3, 0.4) is 0 Å². The minimum absolute atomic E-state index is 0.188. The van der Waals surface area contributed by atoms with Crippen molar-refractivity contribution in [2.45, 2.75) is 0 Å². The molecule has 1 aliphatic rings. The predicted octanol–water partition coefficient (Wildman–Crippen LogP) is 1.50. The summed E-state index contributed by atoms with van der Waals surface area (Å²) in [5, 5.41) is 16.0. The zero-order valence-electron chi connectivity index (χ0n) is 15.1. The molecule has 28 heavy (non-hydrogen) atoms. The fraction of sp³-hybridized carbons (Fsp3) is 0.333. The monoisotopic (exact) mass is 388 g/mol. The Morgan fingerprint density at radius 3 is 2.64 bits per heavy atom. The molecule has 148 valence electrons. The number of carbonyl (C=O) groups is 2. The number of anilines is 1. The molecule has 3 rings (SSSR count). The Balaban J connectivity index is 1.54. The highest BCUT2D eigenvalue weighted by Gasteiger charge is 2.18. The van der Waals surface area contributed by atoms with Crippen LogP contribution in [0.2, 0.25) is 0 Å². The Labute approximate surface area is 160 Å². The van der Waals surface area contributed by atoms with E-state index >= 15 is 0 Å². The van der Waals surface area contributed by atoms with Crippen molar-refractivity contribution in [1.82, 2.24) is 10.2 Å². The van der Waals surface area contributed by atoms with Gasteiger partial charge in [0, 0.05) is 37.4 Å². The topological polar surface area (TPSA) is 127 Å². The van der Waals surface area contributed by atoms with E-state index in [0.29, 0.717) is 31.0 Å². The van der Waals surface area contributed by atoms with Gasteiger partial charge in [-0.15, -0.1) is 0 Å². The summed E-state index contributed by atoms with van der Waals surface area (Å²) in [6, 6.07) is 8.73. The van der Waals surface area contributed by atoms with Crippen molar-refractivity contribution >= 4 is 23.4 Å². The number of nitrogens with zero attached hydrogens (tertiary/aromatic N) is 2. The average Bonchev–Trinajstić information content (AvgIpc) is 3.20. The van der Waals surface area contributed by atoms with E-state index in [4.69, 9.17) is 9.15 Å². The maximum absolute atomic E-state index is 12.3. The molecule has 0 radical (unpaired) electrons. The SMILES string of the molecule is O=C(NCCN1CCOCC1)c1cccc(NC(=O)c2ccc([N+](=O)[O-])o2)c1. The molecule has 2 aromatic rings. The summed E-state index contributed by atoms with van der Waals surface area (Å²) in [5.41, 5.74) is 0.773. The van der Waals surface area contributed by atoms with Crippen LogP contribution in [0.15, 0.2) is 40.8 Å². The molecule has 0 atom stereocenters. The van der Waals surface area contributed by atoms with E-state index in [9.17, 15) is 19.7 Å². The second-order valence-electron chi connectivity index (χ2n) is 6.14. The van der Waals surface area contributed by atoms with Crippen molar-refractivity contribution in [1.29, 1.82) is 0 Å². The number of nitrogens with one attached hydrogen (secondary N) is 2. The normalized spacial score (nSPS) is 14.4. The van der Waals surface area contributed by atoms with Gasteiger partial charge >= 0.3 is 5.88 Å². The van der Waals surface area contributed by atoms with Crippen LogP contribution in [-0.4, -0.2) is 61.0 Å².